The molecule has 1 aliphatic rings. The molecule has 2 atom stereocenters. The Morgan fingerprint density at radius 3 is 2.88 bits per heavy atom. The first-order chi connectivity index (χ1) is 7.75. The SMILES string of the molecule is Nc1ncnc2c1ncn2[C@H]1CC[C@@H](N)C1. The Bertz CT molecular complexity index is 519. The van der Waals surface area contributed by atoms with Gasteiger partial charge in [0.05, 0.1) is 6.33 Å². The molecule has 0 spiro atoms. The zero-order valence-corrected chi connectivity index (χ0v) is 8.87. The summed E-state index contributed by atoms with van der Waals surface area (Å²) in [6, 6.07) is 0.691. The highest BCUT2D eigenvalue weighted by Gasteiger charge is 2.25. The summed E-state index contributed by atoms with van der Waals surface area (Å²) in [5.74, 6) is 0.436. The number of rotatable bonds is 1. The maximum absolute atomic E-state index is 5.91. The summed E-state index contributed by atoms with van der Waals surface area (Å²) in [6.45, 7) is 0. The first-order valence-electron chi connectivity index (χ1n) is 5.44. The van der Waals surface area contributed by atoms with Crippen molar-refractivity contribution in [3.05, 3.63) is 12.7 Å². The molecule has 0 radical (unpaired) electrons. The fraction of sp³-hybridized carbons (Fsp3) is 0.500. The number of nitrogens with two attached hydrogens (primary N) is 2. The predicted molar refractivity (Wildman–Crippen MR) is 60.6 cm³/mol. The minimum atomic E-state index is 0.293. The third kappa shape index (κ3) is 1.34. The van der Waals surface area contributed by atoms with E-state index in [0.717, 1.165) is 24.9 Å². The molecule has 2 aromatic rings. The molecule has 2 aromatic heterocycles. The number of hydrogen-bond acceptors (Lipinski definition) is 5. The predicted octanol–water partition coefficient (Wildman–Crippen LogP) is 0.461. The molecule has 0 saturated heterocycles. The Morgan fingerprint density at radius 1 is 1.25 bits per heavy atom. The van der Waals surface area contributed by atoms with Crippen LogP contribution in [0, 0.1) is 0 Å². The van der Waals surface area contributed by atoms with Gasteiger partial charge >= 0.3 is 0 Å². The Morgan fingerprint density at radius 2 is 2.12 bits per heavy atom. The summed E-state index contributed by atoms with van der Waals surface area (Å²) in [5.41, 5.74) is 13.2. The van der Waals surface area contributed by atoms with E-state index < -0.39 is 0 Å². The van der Waals surface area contributed by atoms with Crippen molar-refractivity contribution in [3.63, 3.8) is 0 Å². The lowest BCUT2D eigenvalue weighted by Crippen LogP contribution is -2.15. The number of nitrogens with zero attached hydrogens (tertiary/aromatic N) is 4. The normalized spacial score (nSPS) is 25.3. The zero-order chi connectivity index (χ0) is 11.1. The van der Waals surface area contributed by atoms with Crippen molar-refractivity contribution in [2.75, 3.05) is 5.73 Å². The largest absolute Gasteiger partial charge is 0.382 e. The van der Waals surface area contributed by atoms with Gasteiger partial charge in [0, 0.05) is 12.1 Å². The van der Waals surface area contributed by atoms with Crippen molar-refractivity contribution in [1.82, 2.24) is 19.5 Å². The number of nitrogen functional groups attached to an aromatic ring is 1. The first-order valence-corrected chi connectivity index (χ1v) is 5.44. The summed E-state index contributed by atoms with van der Waals surface area (Å²) in [5, 5.41) is 0. The Labute approximate surface area is 92.7 Å². The van der Waals surface area contributed by atoms with Gasteiger partial charge in [-0.25, -0.2) is 15.0 Å². The molecule has 1 fully saturated rings. The van der Waals surface area contributed by atoms with Crippen LogP contribution in [0.25, 0.3) is 11.2 Å². The lowest BCUT2D eigenvalue weighted by atomic mass is 10.2. The van der Waals surface area contributed by atoms with E-state index in [9.17, 15) is 0 Å². The molecular formula is C10H14N6. The third-order valence-corrected chi connectivity index (χ3v) is 3.23. The molecule has 6 heteroatoms. The molecule has 0 amide bonds. The van der Waals surface area contributed by atoms with Crippen molar-refractivity contribution < 1.29 is 0 Å². The molecule has 3 rings (SSSR count). The summed E-state index contributed by atoms with van der Waals surface area (Å²) >= 11 is 0. The Hall–Kier alpha value is -1.69. The molecule has 0 aliphatic heterocycles. The minimum absolute atomic E-state index is 0.293. The van der Waals surface area contributed by atoms with Gasteiger partial charge in [0.25, 0.3) is 0 Å². The van der Waals surface area contributed by atoms with Gasteiger partial charge in [-0.15, -0.1) is 0 Å². The van der Waals surface area contributed by atoms with Crippen LogP contribution in [0.2, 0.25) is 0 Å². The summed E-state index contributed by atoms with van der Waals surface area (Å²) in [6.07, 6.45) is 6.39. The molecule has 1 saturated carbocycles. The van der Waals surface area contributed by atoms with Gasteiger partial charge in [0.1, 0.15) is 11.8 Å². The number of hydrogen-bond donors (Lipinski definition) is 2. The van der Waals surface area contributed by atoms with Crippen LogP contribution < -0.4 is 11.5 Å². The molecular weight excluding hydrogens is 204 g/mol. The highest BCUT2D eigenvalue weighted by atomic mass is 15.1. The lowest BCUT2D eigenvalue weighted by Gasteiger charge is -2.11. The minimum Gasteiger partial charge on any atom is -0.382 e. The second-order valence-corrected chi connectivity index (χ2v) is 4.31. The van der Waals surface area contributed by atoms with Crippen LogP contribution in [0.3, 0.4) is 0 Å². The van der Waals surface area contributed by atoms with E-state index in [1.807, 2.05) is 0 Å². The van der Waals surface area contributed by atoms with Crippen molar-refractivity contribution in [3.8, 4) is 0 Å². The van der Waals surface area contributed by atoms with Gasteiger partial charge in [-0.1, -0.05) is 0 Å². The molecule has 4 N–H and O–H groups in total. The molecule has 0 bridgehead atoms. The smallest absolute Gasteiger partial charge is 0.165 e. The first kappa shape index (κ1) is 9.53. The standard InChI is InChI=1S/C10H14N6/c11-6-1-2-7(3-6)16-5-15-8-9(12)13-4-14-10(8)16/h4-7H,1-3,11H2,(H2,12,13,14)/t6-,7+/m1/s1. The third-order valence-electron chi connectivity index (χ3n) is 3.23. The number of aromatic nitrogens is 4. The van der Waals surface area contributed by atoms with Crippen LogP contribution >= 0.6 is 0 Å². The Balaban J connectivity index is 2.08. The van der Waals surface area contributed by atoms with Crippen molar-refractivity contribution in [2.24, 2.45) is 5.73 Å². The fourth-order valence-electron chi connectivity index (χ4n) is 2.38. The average Bonchev–Trinajstić information content (AvgIpc) is 2.84. The van der Waals surface area contributed by atoms with E-state index in [-0.39, 0.29) is 0 Å². The van der Waals surface area contributed by atoms with E-state index in [1.165, 1.54) is 6.33 Å². The van der Waals surface area contributed by atoms with E-state index in [4.69, 9.17) is 11.5 Å². The van der Waals surface area contributed by atoms with Crippen LogP contribution in [0.4, 0.5) is 5.82 Å². The second kappa shape index (κ2) is 3.41. The van der Waals surface area contributed by atoms with E-state index in [1.54, 1.807) is 6.33 Å². The van der Waals surface area contributed by atoms with Gasteiger partial charge < -0.3 is 16.0 Å². The molecule has 16 heavy (non-hydrogen) atoms. The van der Waals surface area contributed by atoms with E-state index in [2.05, 4.69) is 19.5 Å². The van der Waals surface area contributed by atoms with Crippen LogP contribution in [0.1, 0.15) is 25.3 Å². The molecule has 0 aromatic carbocycles. The summed E-state index contributed by atoms with van der Waals surface area (Å²) in [7, 11) is 0. The second-order valence-electron chi connectivity index (χ2n) is 4.31. The number of anilines is 1. The van der Waals surface area contributed by atoms with Crippen LogP contribution in [0.5, 0.6) is 0 Å². The zero-order valence-electron chi connectivity index (χ0n) is 8.87. The van der Waals surface area contributed by atoms with Crippen LogP contribution in [0.15, 0.2) is 12.7 Å². The molecule has 84 valence electrons. The highest BCUT2D eigenvalue weighted by Crippen LogP contribution is 2.31. The van der Waals surface area contributed by atoms with E-state index in [0.29, 0.717) is 23.4 Å². The molecule has 6 nitrogen and oxygen atoms in total. The van der Waals surface area contributed by atoms with Crippen LogP contribution in [-0.4, -0.2) is 25.6 Å². The summed E-state index contributed by atoms with van der Waals surface area (Å²) in [4.78, 5) is 12.4. The van der Waals surface area contributed by atoms with Gasteiger partial charge in [0.2, 0.25) is 0 Å². The van der Waals surface area contributed by atoms with Gasteiger partial charge in [0.15, 0.2) is 11.5 Å². The van der Waals surface area contributed by atoms with Gasteiger partial charge in [-0.2, -0.15) is 0 Å². The molecule has 2 heterocycles. The summed E-state index contributed by atoms with van der Waals surface area (Å²) < 4.78 is 2.07. The average molecular weight is 218 g/mol. The highest BCUT2D eigenvalue weighted by molar-refractivity contribution is 5.81. The lowest BCUT2D eigenvalue weighted by molar-refractivity contribution is 0.519. The van der Waals surface area contributed by atoms with E-state index >= 15 is 0 Å². The number of fused-ring (bicyclic) bond motifs is 1. The number of imidazole rings is 1. The van der Waals surface area contributed by atoms with Crippen molar-refractivity contribution in [1.29, 1.82) is 0 Å². The van der Waals surface area contributed by atoms with Crippen molar-refractivity contribution in [2.45, 2.75) is 31.3 Å². The van der Waals surface area contributed by atoms with Gasteiger partial charge in [-0.3, -0.25) is 0 Å². The monoisotopic (exact) mass is 218 g/mol. The Kier molecular flexibility index (Phi) is 2.03. The topological polar surface area (TPSA) is 95.6 Å². The van der Waals surface area contributed by atoms with Gasteiger partial charge in [-0.05, 0) is 19.3 Å². The maximum atomic E-state index is 5.91. The van der Waals surface area contributed by atoms with Crippen molar-refractivity contribution >= 4 is 17.0 Å². The fourth-order valence-corrected chi connectivity index (χ4v) is 2.38. The molecule has 1 aliphatic carbocycles. The molecule has 0 unspecified atom stereocenters. The quantitative estimate of drug-likeness (QED) is 0.725. The maximum Gasteiger partial charge on any atom is 0.165 e. The van der Waals surface area contributed by atoms with Crippen LogP contribution in [-0.2, 0) is 0 Å².